The lowest BCUT2D eigenvalue weighted by Gasteiger charge is -2.47. The predicted octanol–water partition coefficient (Wildman–Crippen LogP) is 12.4. The van der Waals surface area contributed by atoms with Gasteiger partial charge in [-0.3, -0.25) is 9.59 Å². The van der Waals surface area contributed by atoms with Crippen molar-refractivity contribution in [2.75, 3.05) is 0 Å². The first kappa shape index (κ1) is 46.2. The Kier molecular flexibility index (Phi) is 27.1. The average Bonchev–Trinajstić information content (AvgIpc) is 3.06. The molecule has 0 spiro atoms. The van der Waals surface area contributed by atoms with Gasteiger partial charge in [-0.15, -0.1) is 0 Å². The number of unbranched alkanes of at least 4 members (excludes halogenated alkanes) is 28. The molecule has 49 heavy (non-hydrogen) atoms. The normalized spacial score (nSPS) is 16.3. The number of hydrogen-bond donors (Lipinski definition) is 1. The summed E-state index contributed by atoms with van der Waals surface area (Å²) < 4.78 is 33.0. The minimum atomic E-state index is -4.36. The van der Waals surface area contributed by atoms with Crippen molar-refractivity contribution >= 4 is 22.0 Å². The van der Waals surface area contributed by atoms with Crippen LogP contribution in [0.15, 0.2) is 0 Å². The molecule has 0 aliphatic carbocycles. The van der Waals surface area contributed by atoms with E-state index >= 15 is 0 Å². The summed E-state index contributed by atoms with van der Waals surface area (Å²) in [7, 11) is -4.36. The number of rotatable bonds is 37. The Bertz CT molecular complexity index is 922. The highest BCUT2D eigenvalue weighted by atomic mass is 32.3. The molecule has 1 aliphatic heterocycles. The van der Waals surface area contributed by atoms with Crippen molar-refractivity contribution in [2.24, 2.45) is 5.41 Å². The Labute approximate surface area is 303 Å². The van der Waals surface area contributed by atoms with Crippen molar-refractivity contribution in [3.63, 3.8) is 0 Å². The van der Waals surface area contributed by atoms with E-state index in [1.54, 1.807) is 6.92 Å². The third-order valence-corrected chi connectivity index (χ3v) is 11.6. The van der Waals surface area contributed by atoms with E-state index in [2.05, 4.69) is 13.8 Å². The van der Waals surface area contributed by atoms with E-state index < -0.39 is 21.8 Å². The van der Waals surface area contributed by atoms with Gasteiger partial charge in [-0.25, -0.2) is 0 Å². The molecule has 0 bridgehead atoms. The second-order valence-corrected chi connectivity index (χ2v) is 16.3. The number of hydrogen-bond acceptors (Lipinski definition) is 7. The topological polar surface area (TPSA) is 107 Å². The zero-order valence-electron chi connectivity index (χ0n) is 32.3. The summed E-state index contributed by atoms with van der Waals surface area (Å²) in [5.41, 5.74) is -1.72. The standard InChI is InChI=1S/C41H78O7S/c1-4-7-9-11-13-15-17-19-21-23-25-27-29-31-33-35-38(42)37-40(6-3,41(44)47-49(45,46)48-41)39(43)36-34-32-30-28-26-24-22-20-18-16-14-12-10-8-5-2/h44H,4-37H2,1-3H3. The number of Topliss-reactive ketones (excluding diaryl/α,β-unsaturated/α-hetero) is 2. The second-order valence-electron chi connectivity index (χ2n) is 15.1. The van der Waals surface area contributed by atoms with Crippen LogP contribution in [0.5, 0.6) is 0 Å². The molecule has 0 radical (unpaired) electrons. The van der Waals surface area contributed by atoms with Crippen LogP contribution in [0.1, 0.15) is 239 Å². The van der Waals surface area contributed by atoms with Gasteiger partial charge in [0.15, 0.2) is 0 Å². The molecule has 1 saturated heterocycles. The van der Waals surface area contributed by atoms with Crippen molar-refractivity contribution in [1.82, 2.24) is 0 Å². The third-order valence-electron chi connectivity index (χ3n) is 10.7. The monoisotopic (exact) mass is 715 g/mol. The van der Waals surface area contributed by atoms with Crippen LogP contribution in [0.25, 0.3) is 0 Å². The van der Waals surface area contributed by atoms with E-state index in [1.165, 1.54) is 148 Å². The Morgan fingerprint density at radius 1 is 0.490 bits per heavy atom. The van der Waals surface area contributed by atoms with E-state index in [0.717, 1.165) is 38.5 Å². The van der Waals surface area contributed by atoms with Crippen LogP contribution in [-0.4, -0.2) is 31.1 Å². The molecular formula is C41H78O7S. The van der Waals surface area contributed by atoms with Gasteiger partial charge in [-0.05, 0) is 19.3 Å². The zero-order chi connectivity index (χ0) is 36.1. The number of aliphatic hydroxyl groups is 1. The summed E-state index contributed by atoms with van der Waals surface area (Å²) in [6.45, 7) is 6.19. The van der Waals surface area contributed by atoms with Gasteiger partial charge in [0.25, 0.3) is 0 Å². The summed E-state index contributed by atoms with van der Waals surface area (Å²) >= 11 is 0. The van der Waals surface area contributed by atoms with Gasteiger partial charge < -0.3 is 5.11 Å². The highest BCUT2D eigenvalue weighted by molar-refractivity contribution is 7.82. The smallest absolute Gasteiger partial charge is 0.341 e. The minimum absolute atomic E-state index is 0.0567. The molecule has 0 saturated carbocycles. The summed E-state index contributed by atoms with van der Waals surface area (Å²) in [4.78, 5) is 26.7. The largest absolute Gasteiger partial charge is 0.409 e. The quantitative estimate of drug-likeness (QED) is 0.0638. The van der Waals surface area contributed by atoms with Gasteiger partial charge >= 0.3 is 16.4 Å². The van der Waals surface area contributed by atoms with E-state index in [1.807, 2.05) is 0 Å². The first-order valence-electron chi connectivity index (χ1n) is 21.1. The SMILES string of the molecule is CCCCCCCCCCCCCCCCCC(=O)CC(CC)(C(=O)CCCCCCCCCCCCCCCCC)C1(O)OS(=O)(=O)O1. The molecule has 1 aliphatic rings. The van der Waals surface area contributed by atoms with Crippen molar-refractivity contribution < 1.29 is 31.5 Å². The summed E-state index contributed by atoms with van der Waals surface area (Å²) in [6, 6.07) is 0. The first-order chi connectivity index (χ1) is 23.7. The molecule has 1 rings (SSSR count). The molecule has 0 aromatic heterocycles. The van der Waals surface area contributed by atoms with Crippen LogP contribution >= 0.6 is 0 Å². The van der Waals surface area contributed by atoms with E-state index in [0.29, 0.717) is 12.8 Å². The molecular weight excluding hydrogens is 637 g/mol. The maximum atomic E-state index is 13.6. The molecule has 1 fully saturated rings. The molecule has 0 amide bonds. The fraction of sp³-hybridized carbons (Fsp3) is 0.951. The number of carbonyl (C=O) groups is 2. The lowest BCUT2D eigenvalue weighted by Crippen LogP contribution is -2.65. The molecule has 1 N–H and O–H groups in total. The van der Waals surface area contributed by atoms with E-state index in [9.17, 15) is 23.1 Å². The van der Waals surface area contributed by atoms with Gasteiger partial charge in [0.05, 0.1) is 0 Å². The Morgan fingerprint density at radius 2 is 0.776 bits per heavy atom. The van der Waals surface area contributed by atoms with Crippen molar-refractivity contribution in [2.45, 2.75) is 245 Å². The fourth-order valence-electron chi connectivity index (χ4n) is 7.39. The van der Waals surface area contributed by atoms with E-state index in [4.69, 9.17) is 8.37 Å². The van der Waals surface area contributed by atoms with Crippen molar-refractivity contribution in [1.29, 1.82) is 0 Å². The Hall–Kier alpha value is -0.830. The number of carbonyl (C=O) groups excluding carboxylic acids is 2. The van der Waals surface area contributed by atoms with Gasteiger partial charge in [0.1, 0.15) is 17.0 Å². The first-order valence-corrected chi connectivity index (χ1v) is 22.4. The van der Waals surface area contributed by atoms with Crippen LogP contribution in [0.3, 0.4) is 0 Å². The number of ketones is 2. The molecule has 8 heteroatoms. The van der Waals surface area contributed by atoms with Crippen LogP contribution in [0.2, 0.25) is 0 Å². The zero-order valence-corrected chi connectivity index (χ0v) is 33.2. The van der Waals surface area contributed by atoms with Gasteiger partial charge in [0, 0.05) is 19.3 Å². The molecule has 1 atom stereocenters. The summed E-state index contributed by atoms with van der Waals surface area (Å²) in [5, 5.41) is 11.0. The Balaban J connectivity index is 2.28. The highest BCUT2D eigenvalue weighted by Crippen LogP contribution is 2.49. The summed E-state index contributed by atoms with van der Waals surface area (Å²) in [6.07, 6.45) is 37.1. The molecule has 7 nitrogen and oxygen atoms in total. The predicted molar refractivity (Wildman–Crippen MR) is 202 cm³/mol. The summed E-state index contributed by atoms with van der Waals surface area (Å²) in [5.74, 6) is -3.13. The Morgan fingerprint density at radius 3 is 1.06 bits per heavy atom. The average molecular weight is 715 g/mol. The van der Waals surface area contributed by atoms with Crippen molar-refractivity contribution in [3.05, 3.63) is 0 Å². The molecule has 1 heterocycles. The third kappa shape index (κ3) is 20.7. The van der Waals surface area contributed by atoms with E-state index in [-0.39, 0.29) is 30.8 Å². The van der Waals surface area contributed by atoms with Crippen LogP contribution in [0, 0.1) is 5.41 Å². The molecule has 0 aromatic rings. The molecule has 1 unspecified atom stereocenters. The van der Waals surface area contributed by atoms with Crippen LogP contribution in [0.4, 0.5) is 0 Å². The second kappa shape index (κ2) is 28.7. The molecule has 0 aromatic carbocycles. The lowest BCUT2D eigenvalue weighted by atomic mass is 9.72. The van der Waals surface area contributed by atoms with Crippen molar-refractivity contribution in [3.8, 4) is 0 Å². The van der Waals surface area contributed by atoms with Gasteiger partial charge in [-0.2, -0.15) is 16.8 Å². The van der Waals surface area contributed by atoms with Crippen LogP contribution < -0.4 is 0 Å². The maximum Gasteiger partial charge on any atom is 0.409 e. The van der Waals surface area contributed by atoms with Crippen LogP contribution in [-0.2, 0) is 28.4 Å². The molecule has 290 valence electrons. The highest BCUT2D eigenvalue weighted by Gasteiger charge is 2.67. The maximum absolute atomic E-state index is 13.6. The minimum Gasteiger partial charge on any atom is -0.341 e. The fourth-order valence-corrected chi connectivity index (χ4v) is 8.27. The van der Waals surface area contributed by atoms with Gasteiger partial charge in [0.2, 0.25) is 0 Å². The van der Waals surface area contributed by atoms with Gasteiger partial charge in [-0.1, -0.05) is 201 Å². The lowest BCUT2D eigenvalue weighted by molar-refractivity contribution is -0.375.